The van der Waals surface area contributed by atoms with E-state index < -0.39 is 0 Å². The molecule has 4 unspecified atom stereocenters. The largest absolute Gasteiger partial charge is 0.438 e. The van der Waals surface area contributed by atoms with Gasteiger partial charge < -0.3 is 20.2 Å². The minimum atomic E-state index is -0.0641. The maximum absolute atomic E-state index is 12.6. The number of hydrogen-bond acceptors (Lipinski definition) is 5. The van der Waals surface area contributed by atoms with Gasteiger partial charge in [0.1, 0.15) is 12.1 Å². The quantitative estimate of drug-likeness (QED) is 0.883. The molecule has 4 rings (SSSR count). The lowest BCUT2D eigenvalue weighted by atomic mass is 9.84. The summed E-state index contributed by atoms with van der Waals surface area (Å²) in [6, 6.07) is 5.48. The second kappa shape index (κ2) is 6.70. The Labute approximate surface area is 146 Å². The molecule has 7 heteroatoms. The van der Waals surface area contributed by atoms with Crippen LogP contribution >= 0.6 is 12.4 Å². The van der Waals surface area contributed by atoms with E-state index in [2.05, 4.69) is 10.3 Å². The van der Waals surface area contributed by atoms with Crippen molar-refractivity contribution in [2.24, 2.45) is 23.5 Å². The number of nitrogens with one attached hydrogen (secondary N) is 1. The second-order valence-corrected chi connectivity index (χ2v) is 6.65. The Morgan fingerprint density at radius 2 is 2.21 bits per heavy atom. The standard InChI is InChI=1S/C17H21N3O3.ClH/c1-22-8-14-20-12-7-11(4-5-13(12)23-14)19-17(21)15-9-2-3-10(6-9)16(15)18;/h4-5,7,9-10,15-16H,2-3,6,8,18H2,1H3,(H,19,21);1H. The number of benzene rings is 1. The molecule has 0 radical (unpaired) electrons. The van der Waals surface area contributed by atoms with Gasteiger partial charge in [-0.1, -0.05) is 0 Å². The number of aromatic nitrogens is 1. The maximum atomic E-state index is 12.6. The normalized spacial score (nSPS) is 28.1. The first-order chi connectivity index (χ1) is 11.2. The fourth-order valence-corrected chi connectivity index (χ4v) is 4.19. The molecule has 1 amide bonds. The molecular formula is C17H22ClN3O3. The van der Waals surface area contributed by atoms with Crippen LogP contribution in [-0.4, -0.2) is 24.0 Å². The van der Waals surface area contributed by atoms with E-state index in [4.69, 9.17) is 14.9 Å². The van der Waals surface area contributed by atoms with Gasteiger partial charge in [0.05, 0.1) is 5.92 Å². The van der Waals surface area contributed by atoms with Gasteiger partial charge in [-0.15, -0.1) is 12.4 Å². The first-order valence-electron chi connectivity index (χ1n) is 8.10. The van der Waals surface area contributed by atoms with Gasteiger partial charge in [0.2, 0.25) is 11.8 Å². The number of halogens is 1. The van der Waals surface area contributed by atoms with Gasteiger partial charge >= 0.3 is 0 Å². The minimum absolute atomic E-state index is 0. The number of carbonyl (C=O) groups is 1. The molecular weight excluding hydrogens is 330 g/mol. The molecule has 4 atom stereocenters. The summed E-state index contributed by atoms with van der Waals surface area (Å²) >= 11 is 0. The summed E-state index contributed by atoms with van der Waals surface area (Å²) in [5.41, 5.74) is 8.38. The highest BCUT2D eigenvalue weighted by Gasteiger charge is 2.49. The molecule has 130 valence electrons. The summed E-state index contributed by atoms with van der Waals surface area (Å²) in [5.74, 6) is 1.46. The number of rotatable bonds is 4. The Kier molecular flexibility index (Phi) is 4.80. The summed E-state index contributed by atoms with van der Waals surface area (Å²) in [6.45, 7) is 0.330. The van der Waals surface area contributed by atoms with E-state index in [-0.39, 0.29) is 30.3 Å². The van der Waals surface area contributed by atoms with E-state index in [0.717, 1.165) is 18.5 Å². The van der Waals surface area contributed by atoms with E-state index in [1.807, 2.05) is 18.2 Å². The fraction of sp³-hybridized carbons (Fsp3) is 0.529. The Hall–Kier alpha value is -1.63. The first-order valence-corrected chi connectivity index (χ1v) is 8.10. The van der Waals surface area contributed by atoms with E-state index in [9.17, 15) is 4.79 Å². The van der Waals surface area contributed by atoms with Crippen molar-refractivity contribution >= 4 is 35.1 Å². The molecule has 0 aliphatic heterocycles. The number of oxazole rings is 1. The van der Waals surface area contributed by atoms with Gasteiger partial charge in [-0.05, 0) is 49.3 Å². The zero-order valence-corrected chi connectivity index (χ0v) is 14.3. The van der Waals surface area contributed by atoms with Crippen LogP contribution in [0.1, 0.15) is 25.2 Å². The number of ether oxygens (including phenoxy) is 1. The second-order valence-electron chi connectivity index (χ2n) is 6.65. The van der Waals surface area contributed by atoms with Crippen molar-refractivity contribution in [2.45, 2.75) is 31.9 Å². The molecule has 2 aliphatic carbocycles. The molecule has 6 nitrogen and oxygen atoms in total. The average Bonchev–Trinajstić information content (AvgIpc) is 3.20. The van der Waals surface area contributed by atoms with Crippen LogP contribution in [0.25, 0.3) is 11.1 Å². The number of methoxy groups -OCH3 is 1. The number of fused-ring (bicyclic) bond motifs is 3. The maximum Gasteiger partial charge on any atom is 0.229 e. The SMILES string of the molecule is COCc1nc2cc(NC(=O)C3C4CCC(C4)C3N)ccc2o1.Cl. The summed E-state index contributed by atoms with van der Waals surface area (Å²) in [6.07, 6.45) is 3.39. The van der Waals surface area contributed by atoms with Gasteiger partial charge in [0, 0.05) is 18.8 Å². The van der Waals surface area contributed by atoms with Crippen LogP contribution in [0.4, 0.5) is 5.69 Å². The Balaban J connectivity index is 0.00000169. The van der Waals surface area contributed by atoms with Crippen LogP contribution in [0.5, 0.6) is 0 Å². The highest BCUT2D eigenvalue weighted by atomic mass is 35.5. The third-order valence-corrected chi connectivity index (χ3v) is 5.25. The Morgan fingerprint density at radius 3 is 2.92 bits per heavy atom. The van der Waals surface area contributed by atoms with Crippen LogP contribution in [0, 0.1) is 17.8 Å². The van der Waals surface area contributed by atoms with Gasteiger partial charge in [0.25, 0.3) is 0 Å². The smallest absolute Gasteiger partial charge is 0.229 e. The van der Waals surface area contributed by atoms with Gasteiger partial charge in [-0.25, -0.2) is 4.98 Å². The Bertz CT molecular complexity index is 746. The molecule has 2 saturated carbocycles. The van der Waals surface area contributed by atoms with Crippen molar-refractivity contribution in [3.63, 3.8) is 0 Å². The molecule has 2 bridgehead atoms. The molecule has 2 aliphatic rings. The zero-order valence-electron chi connectivity index (χ0n) is 13.5. The average molecular weight is 352 g/mol. The van der Waals surface area contributed by atoms with E-state index in [1.165, 1.54) is 6.42 Å². The lowest BCUT2D eigenvalue weighted by Gasteiger charge is -2.26. The van der Waals surface area contributed by atoms with Crippen LogP contribution in [0.3, 0.4) is 0 Å². The molecule has 1 aromatic heterocycles. The molecule has 0 spiro atoms. The number of carbonyl (C=O) groups excluding carboxylic acids is 1. The lowest BCUT2D eigenvalue weighted by molar-refractivity contribution is -0.121. The van der Waals surface area contributed by atoms with Crippen molar-refractivity contribution in [2.75, 3.05) is 12.4 Å². The summed E-state index contributed by atoms with van der Waals surface area (Å²) < 4.78 is 10.6. The van der Waals surface area contributed by atoms with Crippen LogP contribution in [-0.2, 0) is 16.1 Å². The van der Waals surface area contributed by atoms with E-state index >= 15 is 0 Å². The van der Waals surface area contributed by atoms with Gasteiger partial charge in [-0.2, -0.15) is 0 Å². The highest BCUT2D eigenvalue weighted by Crippen LogP contribution is 2.47. The van der Waals surface area contributed by atoms with Crippen molar-refractivity contribution in [3.8, 4) is 0 Å². The number of hydrogen-bond donors (Lipinski definition) is 2. The third-order valence-electron chi connectivity index (χ3n) is 5.25. The van der Waals surface area contributed by atoms with E-state index in [0.29, 0.717) is 35.4 Å². The molecule has 2 fully saturated rings. The number of nitrogens with two attached hydrogens (primary N) is 1. The van der Waals surface area contributed by atoms with Gasteiger partial charge in [0.15, 0.2) is 5.58 Å². The van der Waals surface area contributed by atoms with Crippen molar-refractivity contribution < 1.29 is 13.9 Å². The lowest BCUT2D eigenvalue weighted by Crippen LogP contribution is -2.42. The Morgan fingerprint density at radius 1 is 1.42 bits per heavy atom. The van der Waals surface area contributed by atoms with E-state index in [1.54, 1.807) is 7.11 Å². The summed E-state index contributed by atoms with van der Waals surface area (Å²) in [7, 11) is 1.60. The van der Waals surface area contributed by atoms with Crippen molar-refractivity contribution in [3.05, 3.63) is 24.1 Å². The molecule has 0 saturated heterocycles. The number of nitrogens with zero attached hydrogens (tertiary/aromatic N) is 1. The summed E-state index contributed by atoms with van der Waals surface area (Å²) in [4.78, 5) is 17.0. The first kappa shape index (κ1) is 17.2. The minimum Gasteiger partial charge on any atom is -0.438 e. The summed E-state index contributed by atoms with van der Waals surface area (Å²) in [5, 5.41) is 3.00. The number of amides is 1. The highest BCUT2D eigenvalue weighted by molar-refractivity contribution is 5.95. The van der Waals surface area contributed by atoms with Crippen LogP contribution in [0.15, 0.2) is 22.6 Å². The zero-order chi connectivity index (χ0) is 16.0. The van der Waals surface area contributed by atoms with Crippen molar-refractivity contribution in [1.29, 1.82) is 0 Å². The van der Waals surface area contributed by atoms with Crippen LogP contribution in [0.2, 0.25) is 0 Å². The van der Waals surface area contributed by atoms with Crippen LogP contribution < -0.4 is 11.1 Å². The monoisotopic (exact) mass is 351 g/mol. The third kappa shape index (κ3) is 2.90. The molecule has 3 N–H and O–H groups in total. The molecule has 2 aromatic rings. The van der Waals surface area contributed by atoms with Crippen molar-refractivity contribution in [1.82, 2.24) is 4.98 Å². The van der Waals surface area contributed by atoms with Gasteiger partial charge in [-0.3, -0.25) is 4.79 Å². The predicted octanol–water partition coefficient (Wildman–Crippen LogP) is 2.71. The molecule has 1 aromatic carbocycles. The molecule has 1 heterocycles. The topological polar surface area (TPSA) is 90.4 Å². The predicted molar refractivity (Wildman–Crippen MR) is 92.9 cm³/mol. The molecule has 24 heavy (non-hydrogen) atoms. The fourth-order valence-electron chi connectivity index (χ4n) is 4.19. The number of anilines is 1.